The van der Waals surface area contributed by atoms with E-state index in [1.54, 1.807) is 0 Å². The van der Waals surface area contributed by atoms with Crippen molar-refractivity contribution in [2.75, 3.05) is 0 Å². The summed E-state index contributed by atoms with van der Waals surface area (Å²) in [5.74, 6) is -0.920. The number of aromatic amines is 1. The largest absolute Gasteiger partial charge is 0.416 e. The summed E-state index contributed by atoms with van der Waals surface area (Å²) < 4.78 is 50.2. The maximum atomic E-state index is 13.4. The van der Waals surface area contributed by atoms with Gasteiger partial charge in [-0.2, -0.15) is 18.3 Å². The van der Waals surface area contributed by atoms with E-state index in [0.29, 0.717) is 11.6 Å². The minimum atomic E-state index is -4.53. The van der Waals surface area contributed by atoms with E-state index in [2.05, 4.69) is 10.2 Å². The summed E-state index contributed by atoms with van der Waals surface area (Å²) >= 11 is 0. The average molecular weight is 230 g/mol. The van der Waals surface area contributed by atoms with Crippen LogP contribution in [0.25, 0.3) is 11.1 Å². The van der Waals surface area contributed by atoms with Gasteiger partial charge in [-0.25, -0.2) is 4.39 Å². The first-order valence-electron chi connectivity index (χ1n) is 4.34. The van der Waals surface area contributed by atoms with Gasteiger partial charge in [0.05, 0.1) is 11.8 Å². The number of H-pyrrole nitrogens is 1. The quantitative estimate of drug-likeness (QED) is 0.748. The van der Waals surface area contributed by atoms with Gasteiger partial charge in [0.2, 0.25) is 0 Å². The van der Waals surface area contributed by atoms with E-state index in [-0.39, 0.29) is 5.56 Å². The number of halogens is 4. The summed E-state index contributed by atoms with van der Waals surface area (Å²) in [6.07, 6.45) is -1.78. The first-order chi connectivity index (χ1) is 7.48. The Morgan fingerprint density at radius 3 is 2.44 bits per heavy atom. The van der Waals surface area contributed by atoms with Crippen molar-refractivity contribution >= 4 is 0 Å². The lowest BCUT2D eigenvalue weighted by atomic mass is 10.1. The van der Waals surface area contributed by atoms with Crippen LogP contribution in [-0.4, -0.2) is 10.2 Å². The van der Waals surface area contributed by atoms with Crippen molar-refractivity contribution in [1.29, 1.82) is 0 Å². The highest BCUT2D eigenvalue weighted by Gasteiger charge is 2.31. The second kappa shape index (κ2) is 3.62. The second-order valence-corrected chi connectivity index (χ2v) is 3.18. The van der Waals surface area contributed by atoms with E-state index in [0.717, 1.165) is 12.1 Å². The standard InChI is InChI=1S/C10H6F4N2/c11-9-3-7(10(12,13)14)1-2-8(9)6-4-15-16-5-6/h1-5H,(H,15,16). The van der Waals surface area contributed by atoms with Crippen molar-refractivity contribution in [2.24, 2.45) is 0 Å². The maximum absolute atomic E-state index is 13.4. The molecule has 2 nitrogen and oxygen atoms in total. The van der Waals surface area contributed by atoms with Gasteiger partial charge in [0, 0.05) is 17.3 Å². The van der Waals surface area contributed by atoms with Gasteiger partial charge >= 0.3 is 6.18 Å². The number of nitrogens with one attached hydrogen (secondary N) is 1. The van der Waals surface area contributed by atoms with E-state index in [4.69, 9.17) is 0 Å². The molecule has 2 aromatic rings. The monoisotopic (exact) mass is 230 g/mol. The average Bonchev–Trinajstić information content (AvgIpc) is 2.69. The SMILES string of the molecule is Fc1cc(C(F)(F)F)ccc1-c1cn[nH]c1. The predicted molar refractivity (Wildman–Crippen MR) is 49.0 cm³/mol. The van der Waals surface area contributed by atoms with Gasteiger partial charge in [0.15, 0.2) is 0 Å². The molecule has 0 saturated carbocycles. The number of aromatic nitrogens is 2. The summed E-state index contributed by atoms with van der Waals surface area (Å²) in [4.78, 5) is 0. The molecule has 0 unspecified atom stereocenters. The summed E-state index contributed by atoms with van der Waals surface area (Å²) in [6.45, 7) is 0. The van der Waals surface area contributed by atoms with Crippen LogP contribution in [0.15, 0.2) is 30.6 Å². The molecule has 2 rings (SSSR count). The molecular weight excluding hydrogens is 224 g/mol. The second-order valence-electron chi connectivity index (χ2n) is 3.18. The van der Waals surface area contributed by atoms with Crippen LogP contribution in [0.2, 0.25) is 0 Å². The smallest absolute Gasteiger partial charge is 0.285 e. The number of alkyl halides is 3. The molecule has 0 fully saturated rings. The van der Waals surface area contributed by atoms with Crippen molar-refractivity contribution in [1.82, 2.24) is 10.2 Å². The molecule has 84 valence electrons. The number of hydrogen-bond acceptors (Lipinski definition) is 1. The van der Waals surface area contributed by atoms with Crippen LogP contribution < -0.4 is 0 Å². The fourth-order valence-corrected chi connectivity index (χ4v) is 1.32. The molecule has 1 N–H and O–H groups in total. The third-order valence-corrected chi connectivity index (χ3v) is 2.11. The topological polar surface area (TPSA) is 28.7 Å². The molecule has 16 heavy (non-hydrogen) atoms. The summed E-state index contributed by atoms with van der Waals surface area (Å²) in [5, 5.41) is 6.06. The first kappa shape index (κ1) is 10.7. The van der Waals surface area contributed by atoms with Gasteiger partial charge in [-0.05, 0) is 12.1 Å². The van der Waals surface area contributed by atoms with Crippen LogP contribution in [0, 0.1) is 5.82 Å². The van der Waals surface area contributed by atoms with Crippen molar-refractivity contribution in [3.8, 4) is 11.1 Å². The molecule has 1 aromatic carbocycles. The van der Waals surface area contributed by atoms with Gasteiger partial charge in [0.1, 0.15) is 5.82 Å². The molecule has 0 aliphatic heterocycles. The van der Waals surface area contributed by atoms with Crippen LogP contribution >= 0.6 is 0 Å². The van der Waals surface area contributed by atoms with Gasteiger partial charge in [0.25, 0.3) is 0 Å². The zero-order valence-electron chi connectivity index (χ0n) is 7.85. The molecule has 0 saturated heterocycles. The van der Waals surface area contributed by atoms with Crippen LogP contribution in [0.1, 0.15) is 5.56 Å². The highest BCUT2D eigenvalue weighted by atomic mass is 19.4. The molecule has 0 bridgehead atoms. The normalized spacial score (nSPS) is 11.8. The zero-order chi connectivity index (χ0) is 11.8. The molecule has 0 aliphatic rings. The van der Waals surface area contributed by atoms with E-state index in [1.165, 1.54) is 12.4 Å². The molecular formula is C10H6F4N2. The zero-order valence-corrected chi connectivity index (χ0v) is 7.85. The summed E-state index contributed by atoms with van der Waals surface area (Å²) in [6, 6.07) is 2.40. The Morgan fingerprint density at radius 1 is 1.19 bits per heavy atom. The van der Waals surface area contributed by atoms with Crippen molar-refractivity contribution < 1.29 is 17.6 Å². The van der Waals surface area contributed by atoms with E-state index in [1.807, 2.05) is 0 Å². The number of rotatable bonds is 1. The molecule has 0 amide bonds. The third-order valence-electron chi connectivity index (χ3n) is 2.11. The Labute approximate surface area is 87.9 Å². The highest BCUT2D eigenvalue weighted by Crippen LogP contribution is 2.32. The van der Waals surface area contributed by atoms with E-state index >= 15 is 0 Å². The fraction of sp³-hybridized carbons (Fsp3) is 0.100. The Bertz CT molecular complexity index is 488. The molecule has 1 heterocycles. The molecule has 0 spiro atoms. The molecule has 0 aliphatic carbocycles. The number of nitrogens with zero attached hydrogens (tertiary/aromatic N) is 1. The van der Waals surface area contributed by atoms with Gasteiger partial charge < -0.3 is 0 Å². The third kappa shape index (κ3) is 1.91. The summed E-state index contributed by atoms with van der Waals surface area (Å²) in [5.41, 5.74) is -0.509. The lowest BCUT2D eigenvalue weighted by molar-refractivity contribution is -0.137. The molecule has 6 heteroatoms. The predicted octanol–water partition coefficient (Wildman–Crippen LogP) is 3.23. The lowest BCUT2D eigenvalue weighted by Gasteiger charge is -2.07. The highest BCUT2D eigenvalue weighted by molar-refractivity contribution is 5.62. The van der Waals surface area contributed by atoms with Gasteiger partial charge in [-0.15, -0.1) is 0 Å². The lowest BCUT2D eigenvalue weighted by Crippen LogP contribution is -2.05. The maximum Gasteiger partial charge on any atom is 0.416 e. The molecule has 0 atom stereocenters. The minimum absolute atomic E-state index is 0.0850. The van der Waals surface area contributed by atoms with Crippen LogP contribution in [0.4, 0.5) is 17.6 Å². The Kier molecular flexibility index (Phi) is 2.41. The Hall–Kier alpha value is -1.85. The van der Waals surface area contributed by atoms with E-state index in [9.17, 15) is 17.6 Å². The van der Waals surface area contributed by atoms with Crippen molar-refractivity contribution in [3.05, 3.63) is 42.0 Å². The van der Waals surface area contributed by atoms with Gasteiger partial charge in [-0.3, -0.25) is 5.10 Å². The van der Waals surface area contributed by atoms with Crippen molar-refractivity contribution in [2.45, 2.75) is 6.18 Å². The van der Waals surface area contributed by atoms with Crippen LogP contribution in [0.5, 0.6) is 0 Å². The first-order valence-corrected chi connectivity index (χ1v) is 4.34. The van der Waals surface area contributed by atoms with Gasteiger partial charge in [-0.1, -0.05) is 6.07 Å². The molecule has 0 radical (unpaired) electrons. The van der Waals surface area contributed by atoms with Crippen LogP contribution in [-0.2, 0) is 6.18 Å². The number of hydrogen-bond donors (Lipinski definition) is 1. The van der Waals surface area contributed by atoms with Crippen molar-refractivity contribution in [3.63, 3.8) is 0 Å². The number of benzene rings is 1. The Morgan fingerprint density at radius 2 is 1.94 bits per heavy atom. The van der Waals surface area contributed by atoms with Crippen LogP contribution in [0.3, 0.4) is 0 Å². The summed E-state index contributed by atoms with van der Waals surface area (Å²) in [7, 11) is 0. The fourth-order valence-electron chi connectivity index (χ4n) is 1.32. The Balaban J connectivity index is 2.46. The minimum Gasteiger partial charge on any atom is -0.285 e. The molecule has 1 aromatic heterocycles. The van der Waals surface area contributed by atoms with E-state index < -0.39 is 17.6 Å².